The summed E-state index contributed by atoms with van der Waals surface area (Å²) in [6.45, 7) is 1.96. The molecule has 1 amide bonds. The van der Waals surface area contributed by atoms with Crippen molar-refractivity contribution in [1.29, 1.82) is 0 Å². The lowest BCUT2D eigenvalue weighted by atomic mass is 10.1. The van der Waals surface area contributed by atoms with Crippen LogP contribution in [0, 0.1) is 0 Å². The largest absolute Gasteiger partial charge is 0.497 e. The third-order valence-electron chi connectivity index (χ3n) is 3.33. The van der Waals surface area contributed by atoms with E-state index in [-0.39, 0.29) is 11.9 Å². The molecule has 0 aliphatic carbocycles. The van der Waals surface area contributed by atoms with Crippen molar-refractivity contribution in [2.45, 2.75) is 18.3 Å². The summed E-state index contributed by atoms with van der Waals surface area (Å²) in [5.74, 6) is 0.738. The molecule has 0 aliphatic heterocycles. The zero-order valence-corrected chi connectivity index (χ0v) is 13.7. The third kappa shape index (κ3) is 4.08. The molecule has 0 saturated heterocycles. The van der Waals surface area contributed by atoms with E-state index in [4.69, 9.17) is 4.74 Å². The van der Waals surface area contributed by atoms with E-state index in [9.17, 15) is 4.79 Å². The first kappa shape index (κ1) is 15.6. The van der Waals surface area contributed by atoms with Gasteiger partial charge in [0.1, 0.15) is 5.75 Å². The molecule has 4 heteroatoms. The zero-order valence-electron chi connectivity index (χ0n) is 12.1. The number of benzene rings is 2. The second kappa shape index (κ2) is 7.27. The molecule has 21 heavy (non-hydrogen) atoms. The number of ether oxygens (including phenoxy) is 1. The number of methoxy groups -OCH3 is 1. The Balaban J connectivity index is 2.03. The van der Waals surface area contributed by atoms with Crippen LogP contribution in [0.5, 0.6) is 5.75 Å². The quantitative estimate of drug-likeness (QED) is 0.827. The van der Waals surface area contributed by atoms with Gasteiger partial charge in [0.05, 0.1) is 13.2 Å². The van der Waals surface area contributed by atoms with Gasteiger partial charge in [-0.15, -0.1) is 0 Å². The lowest BCUT2D eigenvalue weighted by Gasteiger charge is -2.15. The number of carbonyl (C=O) groups excluding carboxylic acids is 1. The van der Waals surface area contributed by atoms with Crippen molar-refractivity contribution in [2.24, 2.45) is 0 Å². The lowest BCUT2D eigenvalue weighted by molar-refractivity contribution is 0.0940. The summed E-state index contributed by atoms with van der Waals surface area (Å²) in [6, 6.07) is 15.2. The van der Waals surface area contributed by atoms with Gasteiger partial charge in [-0.25, -0.2) is 0 Å². The highest BCUT2D eigenvalue weighted by molar-refractivity contribution is 9.08. The predicted molar refractivity (Wildman–Crippen MR) is 87.9 cm³/mol. The first-order valence-corrected chi connectivity index (χ1v) is 7.86. The van der Waals surface area contributed by atoms with Crippen LogP contribution < -0.4 is 10.1 Å². The van der Waals surface area contributed by atoms with Crippen molar-refractivity contribution in [3.63, 3.8) is 0 Å². The summed E-state index contributed by atoms with van der Waals surface area (Å²) in [5, 5.41) is 3.78. The van der Waals surface area contributed by atoms with Crippen molar-refractivity contribution in [2.75, 3.05) is 7.11 Å². The van der Waals surface area contributed by atoms with Crippen LogP contribution in [0.15, 0.2) is 48.5 Å². The first-order chi connectivity index (χ1) is 10.1. The standard InChI is InChI=1S/C17H18BrNO2/c1-12(14-7-9-16(21-2)10-8-14)19-17(20)15-5-3-13(11-18)4-6-15/h3-10,12H,11H2,1-2H3,(H,19,20)/t12-/m1/s1. The van der Waals surface area contributed by atoms with Crippen molar-refractivity contribution in [3.8, 4) is 5.75 Å². The molecule has 1 atom stereocenters. The van der Waals surface area contributed by atoms with Crippen LogP contribution in [0.4, 0.5) is 0 Å². The van der Waals surface area contributed by atoms with E-state index in [1.54, 1.807) is 7.11 Å². The van der Waals surface area contributed by atoms with Gasteiger partial charge in [-0.3, -0.25) is 4.79 Å². The minimum absolute atomic E-state index is 0.0562. The molecule has 2 rings (SSSR count). The highest BCUT2D eigenvalue weighted by atomic mass is 79.9. The molecule has 0 aromatic heterocycles. The number of alkyl halides is 1. The van der Waals surface area contributed by atoms with Crippen LogP contribution in [0.1, 0.15) is 34.5 Å². The third-order valence-corrected chi connectivity index (χ3v) is 3.98. The smallest absolute Gasteiger partial charge is 0.251 e. The zero-order chi connectivity index (χ0) is 15.2. The molecule has 0 fully saturated rings. The Bertz CT molecular complexity index is 593. The Morgan fingerprint density at radius 1 is 1.14 bits per heavy atom. The van der Waals surface area contributed by atoms with Gasteiger partial charge in [0.25, 0.3) is 5.91 Å². The molecule has 0 aliphatic rings. The average molecular weight is 348 g/mol. The minimum Gasteiger partial charge on any atom is -0.497 e. The maximum absolute atomic E-state index is 12.2. The van der Waals surface area contributed by atoms with Gasteiger partial charge in [0.2, 0.25) is 0 Å². The summed E-state index contributed by atoms with van der Waals surface area (Å²) in [5.41, 5.74) is 2.86. The number of amides is 1. The summed E-state index contributed by atoms with van der Waals surface area (Å²) in [4.78, 5) is 12.2. The highest BCUT2D eigenvalue weighted by Gasteiger charge is 2.11. The van der Waals surface area contributed by atoms with E-state index >= 15 is 0 Å². The van der Waals surface area contributed by atoms with Gasteiger partial charge >= 0.3 is 0 Å². The van der Waals surface area contributed by atoms with Crippen molar-refractivity contribution in [1.82, 2.24) is 5.32 Å². The number of hydrogen-bond acceptors (Lipinski definition) is 2. The fraction of sp³-hybridized carbons (Fsp3) is 0.235. The van der Waals surface area contributed by atoms with Crippen LogP contribution >= 0.6 is 15.9 Å². The molecular weight excluding hydrogens is 330 g/mol. The second-order valence-corrected chi connectivity index (χ2v) is 5.36. The molecule has 0 heterocycles. The molecule has 0 radical (unpaired) electrons. The van der Waals surface area contributed by atoms with E-state index < -0.39 is 0 Å². The molecule has 0 bridgehead atoms. The number of rotatable bonds is 5. The summed E-state index contributed by atoms with van der Waals surface area (Å²) < 4.78 is 5.13. The van der Waals surface area contributed by atoms with Gasteiger partial charge in [-0.2, -0.15) is 0 Å². The fourth-order valence-electron chi connectivity index (χ4n) is 2.00. The van der Waals surface area contributed by atoms with E-state index in [2.05, 4.69) is 21.2 Å². The van der Waals surface area contributed by atoms with Gasteiger partial charge in [0.15, 0.2) is 0 Å². The molecule has 2 aromatic carbocycles. The summed E-state index contributed by atoms with van der Waals surface area (Å²) in [6.07, 6.45) is 0. The number of nitrogens with one attached hydrogen (secondary N) is 1. The van der Waals surface area contributed by atoms with Crippen LogP contribution in [0.2, 0.25) is 0 Å². The van der Waals surface area contributed by atoms with Gasteiger partial charge in [-0.05, 0) is 42.3 Å². The van der Waals surface area contributed by atoms with Crippen LogP contribution in [0.25, 0.3) is 0 Å². The van der Waals surface area contributed by atoms with E-state index in [1.807, 2.05) is 55.5 Å². The van der Waals surface area contributed by atoms with Gasteiger partial charge < -0.3 is 10.1 Å². The molecule has 2 aromatic rings. The molecule has 3 nitrogen and oxygen atoms in total. The van der Waals surface area contributed by atoms with Gasteiger partial charge in [-0.1, -0.05) is 40.2 Å². The number of halogens is 1. The summed E-state index contributed by atoms with van der Waals surface area (Å²) in [7, 11) is 1.64. The minimum atomic E-state index is -0.0700. The number of hydrogen-bond donors (Lipinski definition) is 1. The number of carbonyl (C=O) groups is 1. The molecule has 0 saturated carbocycles. The average Bonchev–Trinajstić information content (AvgIpc) is 2.55. The van der Waals surface area contributed by atoms with Crippen LogP contribution in [0.3, 0.4) is 0 Å². The molecule has 0 spiro atoms. The topological polar surface area (TPSA) is 38.3 Å². The predicted octanol–water partition coefficient (Wildman–Crippen LogP) is 4.08. The van der Waals surface area contributed by atoms with Crippen molar-refractivity contribution in [3.05, 3.63) is 65.2 Å². The second-order valence-electron chi connectivity index (χ2n) is 4.80. The molecular formula is C17H18BrNO2. The van der Waals surface area contributed by atoms with Crippen LogP contribution in [-0.2, 0) is 5.33 Å². The Labute approximate surface area is 133 Å². The fourth-order valence-corrected chi connectivity index (χ4v) is 2.37. The van der Waals surface area contributed by atoms with Crippen molar-refractivity contribution >= 4 is 21.8 Å². The van der Waals surface area contributed by atoms with E-state index in [0.717, 1.165) is 22.2 Å². The normalized spacial score (nSPS) is 11.8. The van der Waals surface area contributed by atoms with Gasteiger partial charge in [0, 0.05) is 10.9 Å². The molecule has 1 N–H and O–H groups in total. The Morgan fingerprint density at radius 3 is 2.29 bits per heavy atom. The van der Waals surface area contributed by atoms with E-state index in [0.29, 0.717) is 5.56 Å². The maximum Gasteiger partial charge on any atom is 0.251 e. The Morgan fingerprint density at radius 2 is 1.76 bits per heavy atom. The molecule has 110 valence electrons. The highest BCUT2D eigenvalue weighted by Crippen LogP contribution is 2.18. The SMILES string of the molecule is COc1ccc([C@@H](C)NC(=O)c2ccc(CBr)cc2)cc1. The first-order valence-electron chi connectivity index (χ1n) is 6.73. The monoisotopic (exact) mass is 347 g/mol. The Hall–Kier alpha value is -1.81. The maximum atomic E-state index is 12.2. The summed E-state index contributed by atoms with van der Waals surface area (Å²) >= 11 is 3.39. The lowest BCUT2D eigenvalue weighted by Crippen LogP contribution is -2.26. The Kier molecular flexibility index (Phi) is 5.39. The molecule has 0 unspecified atom stereocenters. The van der Waals surface area contributed by atoms with Crippen molar-refractivity contribution < 1.29 is 9.53 Å². The van der Waals surface area contributed by atoms with E-state index in [1.165, 1.54) is 0 Å². The van der Waals surface area contributed by atoms with Crippen LogP contribution in [-0.4, -0.2) is 13.0 Å².